The van der Waals surface area contributed by atoms with E-state index in [1.54, 1.807) is 13.8 Å². The molecule has 0 saturated carbocycles. The molecule has 0 radical (unpaired) electrons. The molecule has 9 heavy (non-hydrogen) atoms. The molecular formula is C7H13NO. The first-order chi connectivity index (χ1) is 3.98. The highest BCUT2D eigenvalue weighted by atomic mass is 16.5. The minimum atomic E-state index is -0.645. The van der Waals surface area contributed by atoms with Crippen LogP contribution in [0.2, 0.25) is 0 Å². The standard InChI is InChI=1S/C7H13NO/c1-6(2)9-7(3,4)8-5/h6H,1-4H3. The molecule has 0 fully saturated rings. The smallest absolute Gasteiger partial charge is 0.306 e. The van der Waals surface area contributed by atoms with Crippen LogP contribution < -0.4 is 0 Å². The molecule has 0 rings (SSSR count). The van der Waals surface area contributed by atoms with Crippen molar-refractivity contribution >= 4 is 0 Å². The van der Waals surface area contributed by atoms with Crippen molar-refractivity contribution in [3.05, 3.63) is 11.4 Å². The van der Waals surface area contributed by atoms with Gasteiger partial charge in [0.1, 0.15) is 0 Å². The fraction of sp³-hybridized carbons (Fsp3) is 0.857. The second-order valence-electron chi connectivity index (χ2n) is 2.73. The Hall–Kier alpha value is -0.550. The second kappa shape index (κ2) is 2.84. The lowest BCUT2D eigenvalue weighted by molar-refractivity contribution is -0.0244. The Labute approximate surface area is 56.6 Å². The molecule has 2 nitrogen and oxygen atoms in total. The molecule has 0 spiro atoms. The molecule has 0 aliphatic carbocycles. The van der Waals surface area contributed by atoms with Crippen LogP contribution in [0.5, 0.6) is 0 Å². The van der Waals surface area contributed by atoms with Crippen LogP contribution in [0.4, 0.5) is 0 Å². The van der Waals surface area contributed by atoms with Gasteiger partial charge in [-0.2, -0.15) is 0 Å². The predicted octanol–water partition coefficient (Wildman–Crippen LogP) is 2.07. The summed E-state index contributed by atoms with van der Waals surface area (Å²) in [6.45, 7) is 14.1. The van der Waals surface area contributed by atoms with Gasteiger partial charge >= 0.3 is 5.72 Å². The highest BCUT2D eigenvalue weighted by Crippen LogP contribution is 2.12. The van der Waals surface area contributed by atoms with Crippen molar-refractivity contribution in [1.29, 1.82) is 0 Å². The number of hydrogen-bond donors (Lipinski definition) is 0. The Morgan fingerprint density at radius 2 is 1.89 bits per heavy atom. The van der Waals surface area contributed by atoms with Gasteiger partial charge in [-0.3, -0.25) is 4.85 Å². The minimum absolute atomic E-state index is 0.133. The fourth-order valence-corrected chi connectivity index (χ4v) is 0.603. The Morgan fingerprint density at radius 1 is 1.44 bits per heavy atom. The summed E-state index contributed by atoms with van der Waals surface area (Å²) in [5.41, 5.74) is -0.645. The zero-order chi connectivity index (χ0) is 7.49. The number of ether oxygens (including phenoxy) is 1. The van der Waals surface area contributed by atoms with Crippen LogP contribution in [0.25, 0.3) is 4.85 Å². The van der Waals surface area contributed by atoms with Crippen LogP contribution in [0.1, 0.15) is 27.7 Å². The quantitative estimate of drug-likeness (QED) is 0.518. The third kappa shape index (κ3) is 3.99. The second-order valence-corrected chi connectivity index (χ2v) is 2.73. The van der Waals surface area contributed by atoms with Gasteiger partial charge in [0.2, 0.25) is 0 Å². The van der Waals surface area contributed by atoms with E-state index in [0.29, 0.717) is 0 Å². The summed E-state index contributed by atoms with van der Waals surface area (Å²) in [6, 6.07) is 0. The van der Waals surface area contributed by atoms with E-state index in [9.17, 15) is 0 Å². The topological polar surface area (TPSA) is 13.6 Å². The van der Waals surface area contributed by atoms with E-state index in [2.05, 4.69) is 4.85 Å². The summed E-state index contributed by atoms with van der Waals surface area (Å²) in [5, 5.41) is 0. The van der Waals surface area contributed by atoms with E-state index in [-0.39, 0.29) is 6.10 Å². The van der Waals surface area contributed by atoms with E-state index in [4.69, 9.17) is 11.3 Å². The summed E-state index contributed by atoms with van der Waals surface area (Å²) < 4.78 is 5.23. The highest BCUT2D eigenvalue weighted by Gasteiger charge is 2.24. The summed E-state index contributed by atoms with van der Waals surface area (Å²) in [5.74, 6) is 0. The zero-order valence-corrected chi connectivity index (χ0v) is 6.43. The van der Waals surface area contributed by atoms with Crippen molar-refractivity contribution in [3.8, 4) is 0 Å². The minimum Gasteiger partial charge on any atom is -0.306 e. The Morgan fingerprint density at radius 3 is 2.00 bits per heavy atom. The third-order valence-electron chi connectivity index (χ3n) is 0.793. The zero-order valence-electron chi connectivity index (χ0n) is 6.43. The lowest BCUT2D eigenvalue weighted by Gasteiger charge is -2.14. The van der Waals surface area contributed by atoms with Crippen molar-refractivity contribution in [2.24, 2.45) is 0 Å². The molecule has 0 aromatic heterocycles. The number of nitrogens with zero attached hydrogens (tertiary/aromatic N) is 1. The van der Waals surface area contributed by atoms with Gasteiger partial charge in [-0.15, -0.1) is 0 Å². The molecule has 0 aliphatic rings. The van der Waals surface area contributed by atoms with E-state index >= 15 is 0 Å². The van der Waals surface area contributed by atoms with Gasteiger partial charge in [-0.05, 0) is 13.8 Å². The molecule has 0 amide bonds. The molecule has 0 aliphatic heterocycles. The van der Waals surface area contributed by atoms with Crippen LogP contribution in [0.15, 0.2) is 0 Å². The molecule has 0 aromatic carbocycles. The predicted molar refractivity (Wildman–Crippen MR) is 36.9 cm³/mol. The molecule has 0 aromatic rings. The average Bonchev–Trinajstić information content (AvgIpc) is 1.63. The van der Waals surface area contributed by atoms with Gasteiger partial charge in [0.15, 0.2) is 0 Å². The van der Waals surface area contributed by atoms with Crippen molar-refractivity contribution in [2.45, 2.75) is 39.5 Å². The first-order valence-corrected chi connectivity index (χ1v) is 3.04. The molecule has 0 heterocycles. The maximum atomic E-state index is 6.70. The Bertz CT molecular complexity index is 121. The van der Waals surface area contributed by atoms with Gasteiger partial charge in [0.05, 0.1) is 6.10 Å². The summed E-state index contributed by atoms with van der Waals surface area (Å²) in [7, 11) is 0. The molecule has 52 valence electrons. The van der Waals surface area contributed by atoms with Gasteiger partial charge in [-0.25, -0.2) is 6.57 Å². The molecular weight excluding hydrogens is 114 g/mol. The highest BCUT2D eigenvalue weighted by molar-refractivity contribution is 4.79. The van der Waals surface area contributed by atoms with Crippen LogP contribution >= 0.6 is 0 Å². The molecule has 0 atom stereocenters. The summed E-state index contributed by atoms with van der Waals surface area (Å²) in [6.07, 6.45) is 0.133. The SMILES string of the molecule is [C-]#[N+]C(C)(C)OC(C)C. The largest absolute Gasteiger partial charge is 0.331 e. The molecule has 0 bridgehead atoms. The van der Waals surface area contributed by atoms with Crippen molar-refractivity contribution in [1.82, 2.24) is 0 Å². The van der Waals surface area contributed by atoms with Crippen LogP contribution in [-0.2, 0) is 4.74 Å². The van der Waals surface area contributed by atoms with E-state index < -0.39 is 5.72 Å². The van der Waals surface area contributed by atoms with Crippen molar-refractivity contribution in [2.75, 3.05) is 0 Å². The summed E-state index contributed by atoms with van der Waals surface area (Å²) in [4.78, 5) is 3.29. The maximum absolute atomic E-state index is 6.70. The third-order valence-corrected chi connectivity index (χ3v) is 0.793. The van der Waals surface area contributed by atoms with Crippen LogP contribution in [0, 0.1) is 6.57 Å². The van der Waals surface area contributed by atoms with Crippen molar-refractivity contribution < 1.29 is 4.74 Å². The van der Waals surface area contributed by atoms with Gasteiger partial charge in [-0.1, -0.05) is 0 Å². The van der Waals surface area contributed by atoms with Gasteiger partial charge < -0.3 is 4.74 Å². The molecule has 0 saturated heterocycles. The average molecular weight is 127 g/mol. The summed E-state index contributed by atoms with van der Waals surface area (Å²) >= 11 is 0. The van der Waals surface area contributed by atoms with Crippen LogP contribution in [-0.4, -0.2) is 11.8 Å². The van der Waals surface area contributed by atoms with E-state index in [1.807, 2.05) is 13.8 Å². The lowest BCUT2D eigenvalue weighted by Crippen LogP contribution is -2.23. The Balaban J connectivity index is 3.76. The maximum Gasteiger partial charge on any atom is 0.331 e. The fourth-order valence-electron chi connectivity index (χ4n) is 0.603. The van der Waals surface area contributed by atoms with Gasteiger partial charge in [0, 0.05) is 13.8 Å². The van der Waals surface area contributed by atoms with Crippen LogP contribution in [0.3, 0.4) is 0 Å². The molecule has 0 N–H and O–H groups in total. The monoisotopic (exact) mass is 127 g/mol. The van der Waals surface area contributed by atoms with Gasteiger partial charge in [0.25, 0.3) is 0 Å². The van der Waals surface area contributed by atoms with Crippen molar-refractivity contribution in [3.63, 3.8) is 0 Å². The lowest BCUT2D eigenvalue weighted by atomic mass is 10.3. The first kappa shape index (κ1) is 8.45. The Kier molecular flexibility index (Phi) is 2.66. The van der Waals surface area contributed by atoms with E-state index in [0.717, 1.165) is 0 Å². The number of hydrogen-bond acceptors (Lipinski definition) is 1. The normalized spacial score (nSPS) is 11.6. The number of rotatable bonds is 2. The molecule has 2 heteroatoms. The first-order valence-electron chi connectivity index (χ1n) is 3.04. The van der Waals surface area contributed by atoms with E-state index in [1.165, 1.54) is 0 Å². The molecule has 0 unspecified atom stereocenters.